The monoisotopic (exact) mass is 307 g/mol. The lowest BCUT2D eigenvalue weighted by molar-refractivity contribution is -0.131. The molecule has 2 aliphatic rings. The fourth-order valence-corrected chi connectivity index (χ4v) is 3.43. The highest BCUT2D eigenvalue weighted by atomic mass is 32.1. The van der Waals surface area contributed by atoms with Crippen LogP contribution in [0.2, 0.25) is 0 Å². The fourth-order valence-electron chi connectivity index (χ4n) is 2.61. The Hall–Kier alpha value is -1.66. The summed E-state index contributed by atoms with van der Waals surface area (Å²) >= 11 is 1.29. The van der Waals surface area contributed by atoms with Crippen LogP contribution in [0.1, 0.15) is 33.8 Å². The third-order valence-electron chi connectivity index (χ3n) is 3.78. The molecule has 1 saturated carbocycles. The Bertz CT molecular complexity index is 576. The summed E-state index contributed by atoms with van der Waals surface area (Å²) in [5.41, 5.74) is 0. The summed E-state index contributed by atoms with van der Waals surface area (Å²) < 4.78 is 5.71. The van der Waals surface area contributed by atoms with Crippen molar-refractivity contribution in [3.05, 3.63) is 28.0 Å². The average Bonchev–Trinajstić information content (AvgIpc) is 3.00. The number of thiophene rings is 1. The molecule has 1 amide bonds. The summed E-state index contributed by atoms with van der Waals surface area (Å²) in [7, 11) is 0. The molecule has 1 aliphatic carbocycles. The minimum absolute atomic E-state index is 0.101. The van der Waals surface area contributed by atoms with Crippen LogP contribution < -0.4 is 5.32 Å². The maximum absolute atomic E-state index is 12.2. The quantitative estimate of drug-likeness (QED) is 0.817. The van der Waals surface area contributed by atoms with E-state index in [1.807, 2.05) is 0 Å². The van der Waals surface area contributed by atoms with E-state index in [4.69, 9.17) is 9.84 Å². The minimum Gasteiger partial charge on any atom is -0.478 e. The Kier molecular flexibility index (Phi) is 4.07. The third kappa shape index (κ3) is 3.51. The summed E-state index contributed by atoms with van der Waals surface area (Å²) in [6, 6.07) is 3.58. The van der Waals surface area contributed by atoms with Crippen LogP contribution in [-0.2, 0) is 9.53 Å². The van der Waals surface area contributed by atoms with E-state index >= 15 is 0 Å². The molecular formula is C15H17NO4S. The lowest BCUT2D eigenvalue weighted by Crippen LogP contribution is -2.41. The first kappa shape index (κ1) is 14.3. The van der Waals surface area contributed by atoms with E-state index in [2.05, 4.69) is 5.32 Å². The number of carboxylic acids is 1. The standard InChI is InChI=1S/C15H17NO4S/c17-13(18)6-4-10-3-5-12(21-10)15(19)16-11-7-8-20-14(11)9-1-2-9/h3-6,9,11,14H,1-2,7-8H2,(H,16,19)(H,17,18)/b6-4+. The number of aliphatic carboxylic acids is 1. The summed E-state index contributed by atoms with van der Waals surface area (Å²) in [6.45, 7) is 0.711. The number of carboxylic acid groups (broad SMARTS) is 1. The van der Waals surface area contributed by atoms with E-state index < -0.39 is 5.97 Å². The van der Waals surface area contributed by atoms with Crippen molar-refractivity contribution in [1.29, 1.82) is 0 Å². The van der Waals surface area contributed by atoms with Gasteiger partial charge in [-0.1, -0.05) is 0 Å². The van der Waals surface area contributed by atoms with Gasteiger partial charge >= 0.3 is 5.97 Å². The lowest BCUT2D eigenvalue weighted by Gasteiger charge is -2.18. The van der Waals surface area contributed by atoms with Gasteiger partial charge in [0.1, 0.15) is 0 Å². The molecule has 1 aromatic rings. The van der Waals surface area contributed by atoms with Gasteiger partial charge in [-0.3, -0.25) is 4.79 Å². The highest BCUT2D eigenvalue weighted by Crippen LogP contribution is 2.38. The molecule has 1 aromatic heterocycles. The highest BCUT2D eigenvalue weighted by molar-refractivity contribution is 7.14. The van der Waals surface area contributed by atoms with Gasteiger partial charge in [-0.2, -0.15) is 0 Å². The van der Waals surface area contributed by atoms with Crippen molar-refractivity contribution in [2.75, 3.05) is 6.61 Å². The predicted molar refractivity (Wildman–Crippen MR) is 79.3 cm³/mol. The second-order valence-electron chi connectivity index (χ2n) is 5.42. The summed E-state index contributed by atoms with van der Waals surface area (Å²) in [4.78, 5) is 24.1. The lowest BCUT2D eigenvalue weighted by atomic mass is 10.1. The Balaban J connectivity index is 1.61. The molecule has 0 aromatic carbocycles. The summed E-state index contributed by atoms with van der Waals surface area (Å²) in [5.74, 6) is -0.490. The van der Waals surface area contributed by atoms with Crippen molar-refractivity contribution in [2.45, 2.75) is 31.4 Å². The highest BCUT2D eigenvalue weighted by Gasteiger charge is 2.41. The van der Waals surface area contributed by atoms with Gasteiger partial charge in [0, 0.05) is 17.6 Å². The van der Waals surface area contributed by atoms with Crippen molar-refractivity contribution in [1.82, 2.24) is 5.32 Å². The van der Waals surface area contributed by atoms with E-state index in [9.17, 15) is 9.59 Å². The number of nitrogens with one attached hydrogen (secondary N) is 1. The molecule has 2 atom stereocenters. The molecule has 2 fully saturated rings. The van der Waals surface area contributed by atoms with E-state index in [-0.39, 0.29) is 18.1 Å². The molecular weight excluding hydrogens is 290 g/mol. The van der Waals surface area contributed by atoms with E-state index in [1.165, 1.54) is 30.3 Å². The van der Waals surface area contributed by atoms with Crippen LogP contribution in [0.5, 0.6) is 0 Å². The molecule has 0 radical (unpaired) electrons. The van der Waals surface area contributed by atoms with Crippen LogP contribution in [0.3, 0.4) is 0 Å². The number of rotatable bonds is 5. The summed E-state index contributed by atoms with van der Waals surface area (Å²) in [5, 5.41) is 11.6. The van der Waals surface area contributed by atoms with Gasteiger partial charge in [-0.15, -0.1) is 11.3 Å². The van der Waals surface area contributed by atoms with Crippen LogP contribution in [-0.4, -0.2) is 35.7 Å². The fraction of sp³-hybridized carbons (Fsp3) is 0.467. The second-order valence-corrected chi connectivity index (χ2v) is 6.53. The van der Waals surface area contributed by atoms with Gasteiger partial charge in [-0.25, -0.2) is 4.79 Å². The SMILES string of the molecule is O=C(O)/C=C/c1ccc(C(=O)NC2CCOC2C2CC2)s1. The normalized spacial score (nSPS) is 25.3. The van der Waals surface area contributed by atoms with Gasteiger partial charge in [0.2, 0.25) is 0 Å². The molecule has 0 bridgehead atoms. The maximum atomic E-state index is 12.2. The number of hydrogen-bond acceptors (Lipinski definition) is 4. The van der Waals surface area contributed by atoms with Gasteiger partial charge in [0.15, 0.2) is 0 Å². The number of ether oxygens (including phenoxy) is 1. The molecule has 5 nitrogen and oxygen atoms in total. The number of hydrogen-bond donors (Lipinski definition) is 2. The Labute approximate surface area is 126 Å². The summed E-state index contributed by atoms with van der Waals surface area (Å²) in [6.07, 6.45) is 5.99. The van der Waals surface area contributed by atoms with Crippen molar-refractivity contribution < 1.29 is 19.4 Å². The number of amides is 1. The van der Waals surface area contributed by atoms with Crippen molar-refractivity contribution in [3.63, 3.8) is 0 Å². The largest absolute Gasteiger partial charge is 0.478 e. The van der Waals surface area contributed by atoms with Crippen LogP contribution in [0.15, 0.2) is 18.2 Å². The first-order valence-corrected chi connectivity index (χ1v) is 7.88. The van der Waals surface area contributed by atoms with Gasteiger partial charge in [-0.05, 0) is 43.4 Å². The van der Waals surface area contributed by atoms with E-state index in [0.29, 0.717) is 17.4 Å². The molecule has 2 unspecified atom stereocenters. The van der Waals surface area contributed by atoms with Crippen LogP contribution >= 0.6 is 11.3 Å². The average molecular weight is 307 g/mol. The number of carbonyl (C=O) groups excluding carboxylic acids is 1. The van der Waals surface area contributed by atoms with Crippen LogP contribution in [0, 0.1) is 5.92 Å². The van der Waals surface area contributed by atoms with Crippen molar-refractivity contribution in [3.8, 4) is 0 Å². The van der Waals surface area contributed by atoms with Gasteiger partial charge in [0.25, 0.3) is 5.91 Å². The zero-order chi connectivity index (χ0) is 14.8. The molecule has 6 heteroatoms. The zero-order valence-corrected chi connectivity index (χ0v) is 12.3. The molecule has 2 N–H and O–H groups in total. The van der Waals surface area contributed by atoms with Crippen LogP contribution in [0.4, 0.5) is 0 Å². The molecule has 2 heterocycles. The second kappa shape index (κ2) is 5.99. The predicted octanol–water partition coefficient (Wildman–Crippen LogP) is 2.14. The Morgan fingerprint density at radius 3 is 2.86 bits per heavy atom. The Morgan fingerprint density at radius 1 is 1.33 bits per heavy atom. The minimum atomic E-state index is -0.996. The van der Waals surface area contributed by atoms with E-state index in [1.54, 1.807) is 12.1 Å². The van der Waals surface area contributed by atoms with Crippen molar-refractivity contribution in [2.24, 2.45) is 5.92 Å². The third-order valence-corrected chi connectivity index (χ3v) is 4.83. The molecule has 3 rings (SSSR count). The first-order chi connectivity index (χ1) is 10.1. The number of carbonyl (C=O) groups is 2. The van der Waals surface area contributed by atoms with E-state index in [0.717, 1.165) is 17.4 Å². The van der Waals surface area contributed by atoms with Crippen LogP contribution in [0.25, 0.3) is 6.08 Å². The van der Waals surface area contributed by atoms with Crippen molar-refractivity contribution >= 4 is 29.3 Å². The molecule has 112 valence electrons. The molecule has 1 saturated heterocycles. The molecule has 21 heavy (non-hydrogen) atoms. The smallest absolute Gasteiger partial charge is 0.328 e. The zero-order valence-electron chi connectivity index (χ0n) is 11.5. The molecule has 1 aliphatic heterocycles. The Morgan fingerprint density at radius 2 is 2.14 bits per heavy atom. The van der Waals surface area contributed by atoms with Gasteiger partial charge in [0.05, 0.1) is 17.0 Å². The topological polar surface area (TPSA) is 75.6 Å². The first-order valence-electron chi connectivity index (χ1n) is 7.07. The van der Waals surface area contributed by atoms with Gasteiger partial charge < -0.3 is 15.2 Å². The molecule has 0 spiro atoms. The maximum Gasteiger partial charge on any atom is 0.328 e.